The van der Waals surface area contributed by atoms with Gasteiger partial charge in [0.2, 0.25) is 11.8 Å². The van der Waals surface area contributed by atoms with Crippen molar-refractivity contribution < 1.29 is 33.8 Å². The van der Waals surface area contributed by atoms with Crippen molar-refractivity contribution >= 4 is 23.8 Å². The third kappa shape index (κ3) is 8.64. The zero-order valence-electron chi connectivity index (χ0n) is 23.5. The van der Waals surface area contributed by atoms with Crippen LogP contribution in [0.1, 0.15) is 52.2 Å². The Morgan fingerprint density at radius 1 is 0.795 bits per heavy atom. The summed E-state index contributed by atoms with van der Waals surface area (Å²) in [5.41, 5.74) is -2.42. The molecular formula is C30H40N2O7. The molecular weight excluding hydrogens is 500 g/mol. The van der Waals surface area contributed by atoms with Crippen molar-refractivity contribution in [2.45, 2.75) is 65.9 Å². The average Bonchev–Trinajstić information content (AvgIpc) is 2.91. The Hall–Kier alpha value is -3.72. The van der Waals surface area contributed by atoms with Crippen LogP contribution in [0.15, 0.2) is 60.7 Å². The molecule has 0 saturated heterocycles. The Morgan fingerprint density at radius 2 is 1.23 bits per heavy atom. The van der Waals surface area contributed by atoms with E-state index in [0.717, 1.165) is 0 Å². The van der Waals surface area contributed by atoms with E-state index >= 15 is 0 Å². The van der Waals surface area contributed by atoms with Crippen LogP contribution in [-0.4, -0.2) is 47.6 Å². The molecule has 0 aliphatic rings. The predicted molar refractivity (Wildman–Crippen MR) is 146 cm³/mol. The van der Waals surface area contributed by atoms with Gasteiger partial charge in [-0.25, -0.2) is 9.59 Å². The van der Waals surface area contributed by atoms with E-state index in [2.05, 4.69) is 10.6 Å². The summed E-state index contributed by atoms with van der Waals surface area (Å²) in [4.78, 5) is 53.2. The van der Waals surface area contributed by atoms with E-state index < -0.39 is 46.7 Å². The van der Waals surface area contributed by atoms with Crippen molar-refractivity contribution in [2.24, 2.45) is 17.3 Å². The summed E-state index contributed by atoms with van der Waals surface area (Å²) in [7, 11) is 1.44. The zero-order valence-corrected chi connectivity index (χ0v) is 23.5. The molecule has 212 valence electrons. The van der Waals surface area contributed by atoms with Crippen LogP contribution in [0.25, 0.3) is 0 Å². The molecule has 0 aliphatic heterocycles. The lowest BCUT2D eigenvalue weighted by Gasteiger charge is -2.35. The lowest BCUT2D eigenvalue weighted by Crippen LogP contribution is -2.62. The standard InChI is InChI=1S/C30H40N2O7/c1-20(2)17-23(25(33)32-24(26(34)31-6)29(3,4)5)30(37,27(35)38-18-21-13-9-7-10-14-21)28(36)39-19-22-15-11-8-12-16-22/h7-16,20,23-24,37H,17-19H2,1-6H3,(H,31,34)(H,32,33)/t23-,24-/m1/s1. The number of hydrogen-bond acceptors (Lipinski definition) is 7. The Balaban J connectivity index is 2.46. The van der Waals surface area contributed by atoms with Crippen molar-refractivity contribution in [2.75, 3.05) is 7.05 Å². The van der Waals surface area contributed by atoms with E-state index in [1.54, 1.807) is 95.3 Å². The number of nitrogens with one attached hydrogen (secondary N) is 2. The molecule has 9 heteroatoms. The molecule has 0 fully saturated rings. The summed E-state index contributed by atoms with van der Waals surface area (Å²) in [5.74, 6) is -5.73. The average molecular weight is 541 g/mol. The number of ether oxygens (including phenoxy) is 2. The SMILES string of the molecule is CNC(=O)[C@@H](NC(=O)[C@@H](CC(C)C)C(O)(C(=O)OCc1ccccc1)C(=O)OCc1ccccc1)C(C)(C)C. The number of likely N-dealkylation sites (N-methyl/N-ethyl adjacent to an activating group) is 1. The largest absolute Gasteiger partial charge is 0.458 e. The molecule has 0 saturated carbocycles. The van der Waals surface area contributed by atoms with Gasteiger partial charge in [0, 0.05) is 7.05 Å². The summed E-state index contributed by atoms with van der Waals surface area (Å²) in [6, 6.07) is 16.5. The van der Waals surface area contributed by atoms with Gasteiger partial charge in [0.1, 0.15) is 19.3 Å². The molecule has 2 atom stereocenters. The van der Waals surface area contributed by atoms with Gasteiger partial charge in [0.15, 0.2) is 0 Å². The lowest BCUT2D eigenvalue weighted by molar-refractivity contribution is -0.195. The normalized spacial score (nSPS) is 13.2. The fraction of sp³-hybridized carbons (Fsp3) is 0.467. The van der Waals surface area contributed by atoms with Crippen molar-refractivity contribution in [1.29, 1.82) is 0 Å². The van der Waals surface area contributed by atoms with Gasteiger partial charge >= 0.3 is 11.9 Å². The Labute approximate surface area is 230 Å². The first kappa shape index (κ1) is 31.5. The molecule has 2 rings (SSSR count). The number of amides is 2. The monoisotopic (exact) mass is 540 g/mol. The Bertz CT molecular complexity index is 1060. The van der Waals surface area contributed by atoms with E-state index in [-0.39, 0.29) is 25.6 Å². The minimum Gasteiger partial charge on any atom is -0.458 e. The fourth-order valence-corrected chi connectivity index (χ4v) is 4.04. The molecule has 0 aliphatic carbocycles. The smallest absolute Gasteiger partial charge is 0.351 e. The maximum Gasteiger partial charge on any atom is 0.351 e. The Morgan fingerprint density at radius 3 is 1.59 bits per heavy atom. The predicted octanol–water partition coefficient (Wildman–Crippen LogP) is 3.14. The molecule has 39 heavy (non-hydrogen) atoms. The van der Waals surface area contributed by atoms with Crippen molar-refractivity contribution in [3.05, 3.63) is 71.8 Å². The van der Waals surface area contributed by atoms with Crippen LogP contribution in [0, 0.1) is 17.3 Å². The maximum atomic E-state index is 13.7. The second kappa shape index (κ2) is 13.9. The summed E-state index contributed by atoms with van der Waals surface area (Å²) in [6.45, 7) is 8.40. The molecule has 0 radical (unpaired) electrons. The van der Waals surface area contributed by atoms with E-state index in [1.165, 1.54) is 7.05 Å². The minimum absolute atomic E-state index is 0.0617. The summed E-state index contributed by atoms with van der Waals surface area (Å²) < 4.78 is 10.7. The van der Waals surface area contributed by atoms with Gasteiger partial charge in [0.25, 0.3) is 5.60 Å². The molecule has 3 N–H and O–H groups in total. The summed E-state index contributed by atoms with van der Waals surface area (Å²) in [6.07, 6.45) is -0.0617. The lowest BCUT2D eigenvalue weighted by atomic mass is 9.79. The molecule has 0 unspecified atom stereocenters. The highest BCUT2D eigenvalue weighted by Crippen LogP contribution is 2.30. The second-order valence-corrected chi connectivity index (χ2v) is 11.0. The molecule has 0 aromatic heterocycles. The summed E-state index contributed by atoms with van der Waals surface area (Å²) >= 11 is 0. The van der Waals surface area contributed by atoms with Gasteiger partial charge in [-0.3, -0.25) is 9.59 Å². The first-order chi connectivity index (χ1) is 18.3. The van der Waals surface area contributed by atoms with E-state index in [1.807, 2.05) is 0 Å². The Kier molecular flexibility index (Phi) is 11.2. The third-order valence-corrected chi connectivity index (χ3v) is 6.24. The van der Waals surface area contributed by atoms with Gasteiger partial charge < -0.3 is 25.2 Å². The van der Waals surface area contributed by atoms with Gasteiger partial charge in [-0.1, -0.05) is 95.3 Å². The van der Waals surface area contributed by atoms with Crippen LogP contribution in [0.2, 0.25) is 0 Å². The van der Waals surface area contributed by atoms with Crippen LogP contribution in [0.4, 0.5) is 0 Å². The van der Waals surface area contributed by atoms with Gasteiger partial charge in [0.05, 0.1) is 5.92 Å². The highest BCUT2D eigenvalue weighted by molar-refractivity contribution is 6.08. The van der Waals surface area contributed by atoms with Crippen molar-refractivity contribution in [1.82, 2.24) is 10.6 Å². The zero-order chi connectivity index (χ0) is 29.2. The number of benzene rings is 2. The number of rotatable bonds is 12. The number of carbonyl (C=O) groups is 4. The van der Waals surface area contributed by atoms with Crippen LogP contribution >= 0.6 is 0 Å². The van der Waals surface area contributed by atoms with Gasteiger partial charge in [-0.15, -0.1) is 0 Å². The van der Waals surface area contributed by atoms with E-state index in [4.69, 9.17) is 9.47 Å². The molecule has 2 aromatic carbocycles. The molecule has 0 bridgehead atoms. The van der Waals surface area contributed by atoms with Crippen molar-refractivity contribution in [3.8, 4) is 0 Å². The molecule has 0 spiro atoms. The highest BCUT2D eigenvalue weighted by Gasteiger charge is 2.57. The number of esters is 2. The van der Waals surface area contributed by atoms with Crippen LogP contribution in [-0.2, 0) is 41.9 Å². The van der Waals surface area contributed by atoms with E-state index in [9.17, 15) is 24.3 Å². The summed E-state index contributed by atoms with van der Waals surface area (Å²) in [5, 5.41) is 17.0. The van der Waals surface area contributed by atoms with Gasteiger partial charge in [-0.05, 0) is 28.9 Å². The number of carbonyl (C=O) groups excluding carboxylic acids is 4. The number of hydrogen-bond donors (Lipinski definition) is 3. The second-order valence-electron chi connectivity index (χ2n) is 11.0. The first-order valence-corrected chi connectivity index (χ1v) is 13.0. The van der Waals surface area contributed by atoms with E-state index in [0.29, 0.717) is 11.1 Å². The van der Waals surface area contributed by atoms with Gasteiger partial charge in [-0.2, -0.15) is 0 Å². The van der Waals surface area contributed by atoms with Crippen LogP contribution < -0.4 is 10.6 Å². The fourth-order valence-electron chi connectivity index (χ4n) is 4.04. The first-order valence-electron chi connectivity index (χ1n) is 13.0. The topological polar surface area (TPSA) is 131 Å². The minimum atomic E-state index is -2.97. The molecule has 2 amide bonds. The molecule has 2 aromatic rings. The van der Waals surface area contributed by atoms with Crippen molar-refractivity contribution in [3.63, 3.8) is 0 Å². The molecule has 9 nitrogen and oxygen atoms in total. The van der Waals surface area contributed by atoms with Crippen LogP contribution in [0.5, 0.6) is 0 Å². The van der Waals surface area contributed by atoms with Crippen LogP contribution in [0.3, 0.4) is 0 Å². The highest BCUT2D eigenvalue weighted by atomic mass is 16.6. The quantitative estimate of drug-likeness (QED) is 0.278. The maximum absolute atomic E-state index is 13.7. The third-order valence-electron chi connectivity index (χ3n) is 6.24. The molecule has 0 heterocycles. The number of aliphatic hydroxyl groups is 1.